The Bertz CT molecular complexity index is 267. The van der Waals surface area contributed by atoms with Crippen LogP contribution in [0.25, 0.3) is 0 Å². The molecule has 0 unspecified atom stereocenters. The summed E-state index contributed by atoms with van der Waals surface area (Å²) in [7, 11) is -4.42. The average Bonchev–Trinajstić information content (AvgIpc) is 2.10. The predicted molar refractivity (Wildman–Crippen MR) is 42.4 cm³/mol. The molecule has 1 aliphatic heterocycles. The van der Waals surface area contributed by atoms with Crippen molar-refractivity contribution >= 4 is 10.3 Å². The van der Waals surface area contributed by atoms with Crippen LogP contribution in [0.4, 0.5) is 0 Å². The van der Waals surface area contributed by atoms with Gasteiger partial charge in [-0.15, -0.1) is 0 Å². The maximum Gasteiger partial charge on any atom is 0.156 e. The lowest BCUT2D eigenvalue weighted by Gasteiger charge is -1.90. The Hall–Kier alpha value is -1.11. The molecular weight excluding hydrogens is 182 g/mol. The van der Waals surface area contributed by atoms with Gasteiger partial charge >= 0.3 is 0 Å². The van der Waals surface area contributed by atoms with E-state index in [0.29, 0.717) is 0 Å². The first-order valence-corrected chi connectivity index (χ1v) is 4.35. The lowest BCUT2D eigenvalue weighted by atomic mass is 10.5. The van der Waals surface area contributed by atoms with Gasteiger partial charge in [-0.3, -0.25) is 0 Å². The molecule has 2 N–H and O–H groups in total. The summed E-state index contributed by atoms with van der Waals surface area (Å²) in [6, 6.07) is 0. The Kier molecular flexibility index (Phi) is 5.02. The summed E-state index contributed by atoms with van der Waals surface area (Å²) < 4.78 is 31.3. The first-order valence-electron chi connectivity index (χ1n) is 2.87. The Morgan fingerprint density at radius 2 is 1.42 bits per heavy atom. The second-order valence-corrected chi connectivity index (χ2v) is 2.66. The van der Waals surface area contributed by atoms with Gasteiger partial charge in [-0.1, -0.05) is 12.2 Å². The topological polar surface area (TPSA) is 92.5 Å². The van der Waals surface area contributed by atoms with E-state index in [1.807, 2.05) is 24.3 Å². The van der Waals surface area contributed by atoms with Crippen LogP contribution < -0.4 is 5.14 Å². The molecule has 0 aromatic carbocycles. The van der Waals surface area contributed by atoms with E-state index < -0.39 is 10.3 Å². The summed E-state index contributed by atoms with van der Waals surface area (Å²) >= 11 is 0. The third-order valence-corrected chi connectivity index (χ3v) is 0.648. The van der Waals surface area contributed by atoms with Crippen molar-refractivity contribution in [1.82, 2.24) is 0 Å². The molecule has 0 saturated carbocycles. The van der Waals surface area contributed by atoms with Crippen LogP contribution in [0.1, 0.15) is 0 Å². The van der Waals surface area contributed by atoms with E-state index in [1.165, 1.54) is 0 Å². The van der Waals surface area contributed by atoms with E-state index in [-0.39, 0.29) is 0 Å². The van der Waals surface area contributed by atoms with E-state index in [1.54, 1.807) is 12.5 Å². The molecule has 0 radical (unpaired) electrons. The minimum atomic E-state index is -4.42. The number of rotatable bonds is 0. The van der Waals surface area contributed by atoms with Crippen molar-refractivity contribution in [2.24, 2.45) is 5.14 Å². The van der Waals surface area contributed by atoms with Gasteiger partial charge in [-0.25, -0.2) is 13.6 Å². The summed E-state index contributed by atoms with van der Waals surface area (Å²) in [4.78, 5) is 0. The van der Waals surface area contributed by atoms with Crippen LogP contribution in [0.15, 0.2) is 36.8 Å². The van der Waals surface area contributed by atoms with Crippen molar-refractivity contribution < 1.29 is 17.7 Å². The van der Waals surface area contributed by atoms with E-state index in [0.717, 1.165) is 0 Å². The summed E-state index contributed by atoms with van der Waals surface area (Å²) in [6.07, 6.45) is 10.7. The predicted octanol–water partition coefficient (Wildman–Crippen LogP) is 0.00550. The van der Waals surface area contributed by atoms with Crippen LogP contribution in [0, 0.1) is 0 Å². The quantitative estimate of drug-likeness (QED) is 0.544. The number of ether oxygens (including phenoxy) is 1. The Morgan fingerprint density at radius 1 is 1.08 bits per heavy atom. The van der Waals surface area contributed by atoms with Crippen molar-refractivity contribution in [3.63, 3.8) is 0 Å². The lowest BCUT2D eigenvalue weighted by molar-refractivity contribution is 0.404. The van der Waals surface area contributed by atoms with Crippen LogP contribution in [0.5, 0.6) is 0 Å². The van der Waals surface area contributed by atoms with E-state index in [4.69, 9.17) is 17.7 Å². The minimum Gasteiger partial charge on any atom is -0.736 e. The van der Waals surface area contributed by atoms with Gasteiger partial charge in [0.25, 0.3) is 0 Å². The molecule has 12 heavy (non-hydrogen) atoms. The number of hydrogen-bond acceptors (Lipinski definition) is 4. The molecule has 0 aromatic rings. The van der Waals surface area contributed by atoms with Gasteiger partial charge in [0.05, 0.1) is 12.5 Å². The van der Waals surface area contributed by atoms with Crippen molar-refractivity contribution in [3.8, 4) is 0 Å². The van der Waals surface area contributed by atoms with Crippen molar-refractivity contribution in [2.75, 3.05) is 0 Å². The zero-order valence-corrected chi connectivity index (χ0v) is 6.90. The molecule has 0 fully saturated rings. The van der Waals surface area contributed by atoms with Gasteiger partial charge in [-0.05, 0) is 12.2 Å². The highest BCUT2D eigenvalue weighted by atomic mass is 32.2. The molecule has 0 atom stereocenters. The van der Waals surface area contributed by atoms with Gasteiger partial charge in [0.1, 0.15) is 0 Å². The van der Waals surface area contributed by atoms with E-state index >= 15 is 0 Å². The molecule has 0 bridgehead atoms. The maximum absolute atomic E-state index is 8.85. The summed E-state index contributed by atoms with van der Waals surface area (Å²) in [5.74, 6) is 0. The van der Waals surface area contributed by atoms with Crippen LogP contribution in [0.2, 0.25) is 0 Å². The first kappa shape index (κ1) is 10.9. The fourth-order valence-electron chi connectivity index (χ4n) is 0.355. The third-order valence-electron chi connectivity index (χ3n) is 0.648. The van der Waals surface area contributed by atoms with Gasteiger partial charge in [0.2, 0.25) is 0 Å². The zero-order chi connectivity index (χ0) is 9.45. The smallest absolute Gasteiger partial charge is 0.156 e. The van der Waals surface area contributed by atoms with Crippen molar-refractivity contribution in [3.05, 3.63) is 36.8 Å². The normalized spacial score (nSPS) is 14.2. The van der Waals surface area contributed by atoms with Crippen LogP contribution >= 0.6 is 0 Å². The molecule has 1 heterocycles. The summed E-state index contributed by atoms with van der Waals surface area (Å²) in [5.41, 5.74) is 0. The van der Waals surface area contributed by atoms with Gasteiger partial charge < -0.3 is 9.29 Å². The highest BCUT2D eigenvalue weighted by Crippen LogP contribution is 1.88. The zero-order valence-electron chi connectivity index (χ0n) is 6.08. The molecular formula is C6H8NO4S-. The monoisotopic (exact) mass is 190 g/mol. The molecule has 0 aromatic heterocycles. The molecule has 1 rings (SSSR count). The van der Waals surface area contributed by atoms with Crippen LogP contribution in [0.3, 0.4) is 0 Å². The van der Waals surface area contributed by atoms with E-state index in [9.17, 15) is 0 Å². The van der Waals surface area contributed by atoms with Crippen molar-refractivity contribution in [2.45, 2.75) is 0 Å². The Balaban J connectivity index is 0.000000217. The fraction of sp³-hybridized carbons (Fsp3) is 0. The van der Waals surface area contributed by atoms with E-state index in [2.05, 4.69) is 5.14 Å². The Labute approximate surface area is 70.7 Å². The standard InChI is InChI=1S/C6H6O.H3NO3S/c1-2-4-6-7-5-3-1;1-5(2,3)4/h1-6H;(H3,1,2,3,4)/p-1. The second kappa shape index (κ2) is 5.53. The molecule has 68 valence electrons. The summed E-state index contributed by atoms with van der Waals surface area (Å²) in [6.45, 7) is 0. The number of hydrogen-bond donors (Lipinski definition) is 1. The van der Waals surface area contributed by atoms with Crippen LogP contribution in [-0.2, 0) is 15.0 Å². The Morgan fingerprint density at radius 3 is 1.75 bits per heavy atom. The minimum absolute atomic E-state index is 1.62. The number of nitrogens with two attached hydrogens (primary N) is 1. The molecule has 6 heteroatoms. The third kappa shape index (κ3) is 16.0. The van der Waals surface area contributed by atoms with Gasteiger partial charge in [0, 0.05) is 0 Å². The summed E-state index contributed by atoms with van der Waals surface area (Å²) in [5, 5.41) is 3.77. The average molecular weight is 190 g/mol. The first-order chi connectivity index (χ1) is 5.50. The second-order valence-electron chi connectivity index (χ2n) is 1.67. The largest absolute Gasteiger partial charge is 0.736 e. The molecule has 0 saturated heterocycles. The maximum atomic E-state index is 8.85. The highest BCUT2D eigenvalue weighted by Gasteiger charge is 1.69. The molecule has 5 nitrogen and oxygen atoms in total. The molecule has 1 aliphatic rings. The van der Waals surface area contributed by atoms with Gasteiger partial charge in [0.15, 0.2) is 10.3 Å². The number of allylic oxidation sites excluding steroid dienone is 4. The molecule has 0 spiro atoms. The lowest BCUT2D eigenvalue weighted by Crippen LogP contribution is -2.08. The molecule has 0 aliphatic carbocycles. The highest BCUT2D eigenvalue weighted by molar-refractivity contribution is 7.83. The van der Waals surface area contributed by atoms with Crippen molar-refractivity contribution in [1.29, 1.82) is 0 Å². The molecule has 0 amide bonds. The van der Waals surface area contributed by atoms with Crippen LogP contribution in [-0.4, -0.2) is 13.0 Å². The fourth-order valence-corrected chi connectivity index (χ4v) is 0.355. The van der Waals surface area contributed by atoms with Gasteiger partial charge in [-0.2, -0.15) is 0 Å². The SMILES string of the molecule is C1=CC=COC=C1.NS(=O)(=O)[O-].